The predicted molar refractivity (Wildman–Crippen MR) is 65.1 cm³/mol. The van der Waals surface area contributed by atoms with E-state index in [1.807, 2.05) is 21.6 Å². The van der Waals surface area contributed by atoms with Crippen LogP contribution in [0, 0.1) is 11.3 Å². The summed E-state index contributed by atoms with van der Waals surface area (Å²) in [5.74, 6) is 0.547. The molecular formula is C12H17N2OS. The Balaban J connectivity index is 1.62. The maximum Gasteiger partial charge on any atom is 0.320 e. The van der Waals surface area contributed by atoms with Gasteiger partial charge < -0.3 is 9.80 Å². The number of nitrogens with zero attached hydrogens (tertiary/aromatic N) is 2. The molecule has 2 saturated heterocycles. The summed E-state index contributed by atoms with van der Waals surface area (Å²) in [7, 11) is 0. The van der Waals surface area contributed by atoms with Gasteiger partial charge in [-0.05, 0) is 19.3 Å². The van der Waals surface area contributed by atoms with Crippen molar-refractivity contribution >= 4 is 17.8 Å². The summed E-state index contributed by atoms with van der Waals surface area (Å²) in [5, 5.41) is 3.92. The van der Waals surface area contributed by atoms with Gasteiger partial charge in [-0.15, -0.1) is 11.8 Å². The van der Waals surface area contributed by atoms with Gasteiger partial charge in [-0.2, -0.15) is 0 Å². The number of hydrogen-bond donors (Lipinski definition) is 0. The quantitative estimate of drug-likeness (QED) is 0.643. The Morgan fingerprint density at radius 1 is 1.25 bits per heavy atom. The van der Waals surface area contributed by atoms with Crippen molar-refractivity contribution in [2.24, 2.45) is 5.92 Å². The van der Waals surface area contributed by atoms with Crippen molar-refractivity contribution < 1.29 is 4.79 Å². The van der Waals surface area contributed by atoms with Crippen LogP contribution in [0.15, 0.2) is 6.08 Å². The third-order valence-electron chi connectivity index (χ3n) is 3.74. The maximum atomic E-state index is 12.2. The third kappa shape index (κ3) is 1.83. The molecule has 3 aliphatic heterocycles. The van der Waals surface area contributed by atoms with Crippen molar-refractivity contribution in [3.8, 4) is 0 Å². The van der Waals surface area contributed by atoms with Crippen LogP contribution in [-0.4, -0.2) is 47.3 Å². The second-order valence-corrected chi connectivity index (χ2v) is 5.89. The fourth-order valence-corrected chi connectivity index (χ4v) is 3.75. The molecule has 1 radical (unpaired) electrons. The number of piperidine rings is 1. The van der Waals surface area contributed by atoms with Gasteiger partial charge in [0, 0.05) is 42.8 Å². The van der Waals surface area contributed by atoms with E-state index < -0.39 is 0 Å². The standard InChI is InChI=1S/C12H17N2OS/c15-12(13-5-1-2-6-13)14-7-3-11-10(9-14)4-8-16-11/h4,10-11H,1-3,5-7,9H2. The molecule has 2 unspecified atom stereocenters. The Morgan fingerprint density at radius 3 is 2.88 bits per heavy atom. The summed E-state index contributed by atoms with van der Waals surface area (Å²) < 4.78 is 0. The van der Waals surface area contributed by atoms with Crippen LogP contribution in [0.1, 0.15) is 19.3 Å². The predicted octanol–water partition coefficient (Wildman–Crippen LogP) is 1.96. The first kappa shape index (κ1) is 10.5. The normalized spacial score (nSPS) is 33.2. The van der Waals surface area contributed by atoms with E-state index >= 15 is 0 Å². The Morgan fingerprint density at radius 2 is 2.06 bits per heavy atom. The van der Waals surface area contributed by atoms with E-state index in [0.717, 1.165) is 32.6 Å². The molecule has 16 heavy (non-hydrogen) atoms. The lowest BCUT2D eigenvalue weighted by atomic mass is 9.98. The first-order valence-corrected chi connectivity index (χ1v) is 7.01. The molecule has 3 aliphatic rings. The van der Waals surface area contributed by atoms with Crippen LogP contribution in [0.3, 0.4) is 0 Å². The van der Waals surface area contributed by atoms with Gasteiger partial charge in [0.05, 0.1) is 0 Å². The molecule has 0 aromatic heterocycles. The summed E-state index contributed by atoms with van der Waals surface area (Å²) in [6.07, 6.45) is 5.63. The number of likely N-dealkylation sites (tertiary alicyclic amines) is 2. The summed E-state index contributed by atoms with van der Waals surface area (Å²) in [5.41, 5.74) is 0. The number of carbonyl (C=O) groups is 1. The number of urea groups is 1. The van der Waals surface area contributed by atoms with Gasteiger partial charge in [0.2, 0.25) is 0 Å². The monoisotopic (exact) mass is 237 g/mol. The first-order chi connectivity index (χ1) is 7.84. The van der Waals surface area contributed by atoms with E-state index in [2.05, 4.69) is 11.5 Å². The van der Waals surface area contributed by atoms with E-state index in [4.69, 9.17) is 0 Å². The minimum Gasteiger partial charge on any atom is -0.325 e. The number of amides is 2. The average molecular weight is 237 g/mol. The number of hydrogen-bond acceptors (Lipinski definition) is 2. The summed E-state index contributed by atoms with van der Waals surface area (Å²) >= 11 is 1.82. The third-order valence-corrected chi connectivity index (χ3v) is 4.90. The van der Waals surface area contributed by atoms with Crippen LogP contribution in [0.5, 0.6) is 0 Å². The van der Waals surface area contributed by atoms with Crippen LogP contribution >= 0.6 is 11.8 Å². The highest BCUT2D eigenvalue weighted by Gasteiger charge is 2.34. The molecular weight excluding hydrogens is 220 g/mol. The van der Waals surface area contributed by atoms with Crippen molar-refractivity contribution in [3.63, 3.8) is 0 Å². The zero-order chi connectivity index (χ0) is 11.0. The number of thioether (sulfide) groups is 1. The van der Waals surface area contributed by atoms with Crippen LogP contribution < -0.4 is 0 Å². The Bertz CT molecular complexity index is 312. The molecule has 2 amide bonds. The minimum atomic E-state index is 0.265. The molecule has 0 aliphatic carbocycles. The molecule has 0 aromatic rings. The molecule has 87 valence electrons. The van der Waals surface area contributed by atoms with Gasteiger partial charge in [0.1, 0.15) is 0 Å². The molecule has 4 heteroatoms. The van der Waals surface area contributed by atoms with Gasteiger partial charge in [0.15, 0.2) is 0 Å². The molecule has 3 heterocycles. The largest absolute Gasteiger partial charge is 0.325 e. The molecule has 0 N–H and O–H groups in total. The average Bonchev–Trinajstić information content (AvgIpc) is 2.98. The molecule has 2 fully saturated rings. The van der Waals surface area contributed by atoms with Crippen LogP contribution in [-0.2, 0) is 0 Å². The van der Waals surface area contributed by atoms with Crippen LogP contribution in [0.2, 0.25) is 0 Å². The van der Waals surface area contributed by atoms with Gasteiger partial charge in [-0.3, -0.25) is 0 Å². The van der Waals surface area contributed by atoms with Crippen LogP contribution in [0.4, 0.5) is 4.79 Å². The van der Waals surface area contributed by atoms with E-state index in [1.165, 1.54) is 12.8 Å². The van der Waals surface area contributed by atoms with Gasteiger partial charge in [-0.25, -0.2) is 4.79 Å². The van der Waals surface area contributed by atoms with Crippen LogP contribution in [0.25, 0.3) is 0 Å². The summed E-state index contributed by atoms with van der Waals surface area (Å²) in [4.78, 5) is 16.2. The van der Waals surface area contributed by atoms with Gasteiger partial charge >= 0.3 is 6.03 Å². The molecule has 3 rings (SSSR count). The highest BCUT2D eigenvalue weighted by Crippen LogP contribution is 2.35. The van der Waals surface area contributed by atoms with Crippen molar-refractivity contribution in [1.82, 2.24) is 9.80 Å². The fourth-order valence-electron chi connectivity index (χ4n) is 2.76. The summed E-state index contributed by atoms with van der Waals surface area (Å²) in [6, 6.07) is 0.265. The molecule has 0 saturated carbocycles. The molecule has 0 spiro atoms. The van der Waals surface area contributed by atoms with Crippen molar-refractivity contribution in [2.45, 2.75) is 24.5 Å². The minimum absolute atomic E-state index is 0.265. The SMILES string of the molecule is O=C(N1CCCC1)N1CCC2S[C]=CC2C1. The molecule has 0 bridgehead atoms. The van der Waals surface area contributed by atoms with Gasteiger partial charge in [-0.1, -0.05) is 6.08 Å². The zero-order valence-corrected chi connectivity index (χ0v) is 10.2. The second kappa shape index (κ2) is 4.32. The smallest absolute Gasteiger partial charge is 0.320 e. The molecule has 0 aromatic carbocycles. The van der Waals surface area contributed by atoms with E-state index in [0.29, 0.717) is 11.2 Å². The highest BCUT2D eigenvalue weighted by atomic mass is 32.2. The molecule has 2 atom stereocenters. The first-order valence-electron chi connectivity index (χ1n) is 6.13. The summed E-state index contributed by atoms with van der Waals surface area (Å²) in [6.45, 7) is 3.75. The van der Waals surface area contributed by atoms with Crippen molar-refractivity contribution in [2.75, 3.05) is 26.2 Å². The lowest BCUT2D eigenvalue weighted by molar-refractivity contribution is 0.145. The number of rotatable bonds is 0. The molecule has 3 nitrogen and oxygen atoms in total. The van der Waals surface area contributed by atoms with E-state index in [9.17, 15) is 4.79 Å². The van der Waals surface area contributed by atoms with Gasteiger partial charge in [0.25, 0.3) is 0 Å². The zero-order valence-electron chi connectivity index (χ0n) is 9.39. The highest BCUT2D eigenvalue weighted by molar-refractivity contribution is 8.01. The van der Waals surface area contributed by atoms with Crippen molar-refractivity contribution in [3.05, 3.63) is 11.5 Å². The maximum absolute atomic E-state index is 12.2. The number of fused-ring (bicyclic) bond motifs is 1. The fraction of sp³-hybridized carbons (Fsp3) is 0.750. The number of carbonyl (C=O) groups excluding carboxylic acids is 1. The lowest BCUT2D eigenvalue weighted by Gasteiger charge is -2.36. The van der Waals surface area contributed by atoms with E-state index in [1.54, 1.807) is 0 Å². The Hall–Kier alpha value is -0.640. The lowest BCUT2D eigenvalue weighted by Crippen LogP contribution is -2.48. The Kier molecular flexibility index (Phi) is 2.84. The Labute approximate surface area is 101 Å². The van der Waals surface area contributed by atoms with Crippen molar-refractivity contribution in [1.29, 1.82) is 0 Å². The second-order valence-electron chi connectivity index (χ2n) is 4.82. The van der Waals surface area contributed by atoms with E-state index in [-0.39, 0.29) is 6.03 Å². The topological polar surface area (TPSA) is 23.6 Å².